The molecule has 2 N–H and O–H groups in total. The second kappa shape index (κ2) is 4.87. The number of nitrogens with zero attached hydrogens (tertiary/aromatic N) is 1. The summed E-state index contributed by atoms with van der Waals surface area (Å²) in [6.45, 7) is 4.25. The second-order valence-corrected chi connectivity index (χ2v) is 6.90. The van der Waals surface area contributed by atoms with E-state index in [0.717, 1.165) is 20.2 Å². The number of thiazole rings is 1. The quantitative estimate of drug-likeness (QED) is 0.697. The van der Waals surface area contributed by atoms with E-state index in [4.69, 9.17) is 5.73 Å². The summed E-state index contributed by atoms with van der Waals surface area (Å²) in [5.41, 5.74) is 10.2. The summed E-state index contributed by atoms with van der Waals surface area (Å²) < 4.78 is 2.21. The lowest BCUT2D eigenvalue weighted by molar-refractivity contribution is 1.24. The van der Waals surface area contributed by atoms with E-state index in [9.17, 15) is 0 Å². The van der Waals surface area contributed by atoms with E-state index in [0.29, 0.717) is 0 Å². The normalized spacial score (nSPS) is 11.1. The topological polar surface area (TPSA) is 38.9 Å². The number of fused-ring (bicyclic) bond motifs is 1. The van der Waals surface area contributed by atoms with Gasteiger partial charge in [-0.1, -0.05) is 29.5 Å². The van der Waals surface area contributed by atoms with Crippen LogP contribution in [-0.2, 0) is 0 Å². The fraction of sp³-hybridized carbons (Fsp3) is 0.133. The number of nitrogens with two attached hydrogens (primary N) is 1. The van der Waals surface area contributed by atoms with Crippen LogP contribution in [0.4, 0.5) is 5.69 Å². The van der Waals surface area contributed by atoms with Crippen molar-refractivity contribution in [1.82, 2.24) is 4.98 Å². The Bertz CT molecular complexity index is 747. The molecule has 0 amide bonds. The Hall–Kier alpha value is -1.52. The predicted octanol–water partition coefficient (Wildman–Crippen LogP) is 4.65. The Morgan fingerprint density at radius 3 is 2.74 bits per heavy atom. The van der Waals surface area contributed by atoms with Crippen LogP contribution in [0.3, 0.4) is 0 Å². The maximum absolute atomic E-state index is 5.80. The fourth-order valence-corrected chi connectivity index (χ4v) is 4.11. The molecule has 0 aliphatic rings. The molecular weight excluding hydrogens is 272 g/mol. The monoisotopic (exact) mass is 286 g/mol. The summed E-state index contributed by atoms with van der Waals surface area (Å²) in [5.74, 6) is 0. The first-order valence-electron chi connectivity index (χ1n) is 6.03. The van der Waals surface area contributed by atoms with Crippen molar-refractivity contribution < 1.29 is 0 Å². The molecule has 0 unspecified atom stereocenters. The summed E-state index contributed by atoms with van der Waals surface area (Å²) in [6, 6.07) is 12.4. The zero-order valence-corrected chi connectivity index (χ0v) is 12.4. The van der Waals surface area contributed by atoms with Gasteiger partial charge in [0.1, 0.15) is 0 Å². The predicted molar refractivity (Wildman–Crippen MR) is 84.1 cm³/mol. The maximum Gasteiger partial charge on any atom is 0.155 e. The number of anilines is 1. The SMILES string of the molecule is Cc1ccc(Sc2nc3ccc(N)cc3s2)c(C)c1. The molecule has 0 atom stereocenters. The number of nitrogen functional groups attached to an aromatic ring is 1. The standard InChI is InChI=1S/C15H14N2S2/c1-9-3-6-13(10(2)7-9)18-15-17-12-5-4-11(16)8-14(12)19-15/h3-8H,16H2,1-2H3. The van der Waals surface area contributed by atoms with E-state index in [1.165, 1.54) is 16.0 Å². The summed E-state index contributed by atoms with van der Waals surface area (Å²) in [5, 5.41) is 0. The molecule has 1 heterocycles. The number of benzene rings is 2. The fourth-order valence-electron chi connectivity index (χ4n) is 1.97. The molecule has 0 fully saturated rings. The molecule has 4 heteroatoms. The molecule has 0 bridgehead atoms. The summed E-state index contributed by atoms with van der Waals surface area (Å²) >= 11 is 3.41. The largest absolute Gasteiger partial charge is 0.399 e. The molecule has 3 rings (SSSR count). The van der Waals surface area contributed by atoms with Gasteiger partial charge >= 0.3 is 0 Å². The van der Waals surface area contributed by atoms with Crippen LogP contribution in [0.25, 0.3) is 10.2 Å². The zero-order valence-electron chi connectivity index (χ0n) is 10.8. The smallest absolute Gasteiger partial charge is 0.155 e. The zero-order chi connectivity index (χ0) is 13.4. The van der Waals surface area contributed by atoms with Crippen molar-refractivity contribution in [3.63, 3.8) is 0 Å². The molecule has 0 saturated heterocycles. The van der Waals surface area contributed by atoms with Gasteiger partial charge in [0, 0.05) is 10.6 Å². The van der Waals surface area contributed by atoms with E-state index in [-0.39, 0.29) is 0 Å². The van der Waals surface area contributed by atoms with Gasteiger partial charge in [-0.05, 0) is 43.7 Å². The van der Waals surface area contributed by atoms with Crippen LogP contribution in [0.2, 0.25) is 0 Å². The number of aromatic nitrogens is 1. The molecular formula is C15H14N2S2. The highest BCUT2D eigenvalue weighted by Gasteiger charge is 2.07. The van der Waals surface area contributed by atoms with Gasteiger partial charge in [0.25, 0.3) is 0 Å². The first-order valence-corrected chi connectivity index (χ1v) is 7.66. The van der Waals surface area contributed by atoms with Gasteiger partial charge in [0.05, 0.1) is 10.2 Å². The molecule has 0 saturated carbocycles. The summed E-state index contributed by atoms with van der Waals surface area (Å²) in [7, 11) is 0. The van der Waals surface area contributed by atoms with Crippen LogP contribution in [0.15, 0.2) is 45.6 Å². The van der Waals surface area contributed by atoms with Crippen molar-refractivity contribution in [3.05, 3.63) is 47.5 Å². The van der Waals surface area contributed by atoms with Crippen LogP contribution in [0.5, 0.6) is 0 Å². The Morgan fingerprint density at radius 2 is 1.95 bits per heavy atom. The van der Waals surface area contributed by atoms with Gasteiger partial charge in [0.2, 0.25) is 0 Å². The lowest BCUT2D eigenvalue weighted by Gasteiger charge is -2.03. The molecule has 0 aliphatic carbocycles. The minimum Gasteiger partial charge on any atom is -0.399 e. The van der Waals surface area contributed by atoms with Gasteiger partial charge in [0.15, 0.2) is 4.34 Å². The molecule has 0 aliphatic heterocycles. The number of hydrogen-bond donors (Lipinski definition) is 1. The van der Waals surface area contributed by atoms with Gasteiger partial charge < -0.3 is 5.73 Å². The Kier molecular flexibility index (Phi) is 3.21. The third kappa shape index (κ3) is 2.60. The van der Waals surface area contributed by atoms with Crippen molar-refractivity contribution in [2.24, 2.45) is 0 Å². The molecule has 3 aromatic rings. The third-order valence-electron chi connectivity index (χ3n) is 2.92. The van der Waals surface area contributed by atoms with Crippen LogP contribution < -0.4 is 5.73 Å². The Morgan fingerprint density at radius 1 is 1.11 bits per heavy atom. The number of hydrogen-bond acceptors (Lipinski definition) is 4. The van der Waals surface area contributed by atoms with Crippen molar-refractivity contribution in [2.75, 3.05) is 5.73 Å². The van der Waals surface area contributed by atoms with Gasteiger partial charge in [-0.25, -0.2) is 4.98 Å². The summed E-state index contributed by atoms with van der Waals surface area (Å²) in [4.78, 5) is 5.90. The molecule has 96 valence electrons. The van der Waals surface area contributed by atoms with E-state index in [2.05, 4.69) is 37.0 Å². The molecule has 1 aromatic heterocycles. The summed E-state index contributed by atoms with van der Waals surface area (Å²) in [6.07, 6.45) is 0. The second-order valence-electron chi connectivity index (χ2n) is 4.58. The number of rotatable bonds is 2. The Balaban J connectivity index is 1.96. The van der Waals surface area contributed by atoms with Gasteiger partial charge in [-0.3, -0.25) is 0 Å². The van der Waals surface area contributed by atoms with Crippen molar-refractivity contribution in [2.45, 2.75) is 23.1 Å². The lowest BCUT2D eigenvalue weighted by Crippen LogP contribution is -1.82. The minimum absolute atomic E-state index is 0.791. The van der Waals surface area contributed by atoms with E-state index < -0.39 is 0 Å². The van der Waals surface area contributed by atoms with Crippen LogP contribution in [-0.4, -0.2) is 4.98 Å². The van der Waals surface area contributed by atoms with Gasteiger partial charge in [-0.15, -0.1) is 11.3 Å². The third-order valence-corrected chi connectivity index (χ3v) is 5.18. The van der Waals surface area contributed by atoms with E-state index >= 15 is 0 Å². The highest BCUT2D eigenvalue weighted by atomic mass is 32.2. The highest BCUT2D eigenvalue weighted by Crippen LogP contribution is 2.36. The van der Waals surface area contributed by atoms with Crippen molar-refractivity contribution in [3.8, 4) is 0 Å². The molecule has 0 spiro atoms. The average molecular weight is 286 g/mol. The van der Waals surface area contributed by atoms with Crippen LogP contribution >= 0.6 is 23.1 Å². The first kappa shape index (κ1) is 12.5. The Labute approximate surface area is 120 Å². The molecule has 19 heavy (non-hydrogen) atoms. The first-order chi connectivity index (χ1) is 9.11. The van der Waals surface area contributed by atoms with Crippen molar-refractivity contribution >= 4 is 39.0 Å². The highest BCUT2D eigenvalue weighted by molar-refractivity contribution is 8.01. The minimum atomic E-state index is 0.791. The van der Waals surface area contributed by atoms with E-state index in [1.807, 2.05) is 18.2 Å². The van der Waals surface area contributed by atoms with Crippen molar-refractivity contribution in [1.29, 1.82) is 0 Å². The van der Waals surface area contributed by atoms with Crippen LogP contribution in [0, 0.1) is 13.8 Å². The van der Waals surface area contributed by atoms with Crippen LogP contribution in [0.1, 0.15) is 11.1 Å². The molecule has 0 radical (unpaired) electrons. The van der Waals surface area contributed by atoms with E-state index in [1.54, 1.807) is 23.1 Å². The molecule has 2 aromatic carbocycles. The number of aryl methyl sites for hydroxylation is 2. The lowest BCUT2D eigenvalue weighted by atomic mass is 10.2. The van der Waals surface area contributed by atoms with Gasteiger partial charge in [-0.2, -0.15) is 0 Å². The molecule has 2 nitrogen and oxygen atoms in total. The average Bonchev–Trinajstić information content (AvgIpc) is 2.74. The maximum atomic E-state index is 5.80.